The molecule has 0 saturated carbocycles. The number of likely N-dealkylation sites (N-methyl/N-ethyl adjacent to an activating group) is 1. The lowest BCUT2D eigenvalue weighted by Crippen LogP contribution is -2.41. The summed E-state index contributed by atoms with van der Waals surface area (Å²) in [5.41, 5.74) is 2.22. The third kappa shape index (κ3) is 3.75. The van der Waals surface area contributed by atoms with Gasteiger partial charge >= 0.3 is 0 Å². The second kappa shape index (κ2) is 6.83. The molecular formula is C11H19FN6O. The van der Waals surface area contributed by atoms with Gasteiger partial charge in [-0.1, -0.05) is 0 Å². The van der Waals surface area contributed by atoms with Crippen LogP contribution in [0.15, 0.2) is 6.20 Å². The molecule has 1 aromatic rings. The number of nitrogen functional groups attached to an aromatic ring is 1. The van der Waals surface area contributed by atoms with E-state index in [0.717, 1.165) is 6.20 Å². The molecule has 4 N–H and O–H groups in total. The molecule has 106 valence electrons. The average molecular weight is 270 g/mol. The average Bonchev–Trinajstić information content (AvgIpc) is 2.42. The highest BCUT2D eigenvalue weighted by Gasteiger charge is 2.20. The second-order valence-electron chi connectivity index (χ2n) is 3.91. The molecule has 0 aliphatic rings. The van der Waals surface area contributed by atoms with Crippen LogP contribution in [0.5, 0.6) is 0 Å². The molecule has 0 aliphatic heterocycles. The molecule has 0 saturated heterocycles. The number of halogens is 1. The standard InChI is InChI=1S/C11H19FN6O/c1-4-18(5-2)10(19)7(3)15-9-8(12)6-14-11(16-9)17-13/h6-7H,4-5,13H2,1-3H3,(H2,14,15,16,17). The summed E-state index contributed by atoms with van der Waals surface area (Å²) in [5, 5.41) is 2.72. The Morgan fingerprint density at radius 3 is 2.68 bits per heavy atom. The van der Waals surface area contributed by atoms with Crippen molar-refractivity contribution < 1.29 is 9.18 Å². The Kier molecular flexibility index (Phi) is 5.43. The number of hydrogen-bond acceptors (Lipinski definition) is 6. The molecule has 1 aromatic heterocycles. The smallest absolute Gasteiger partial charge is 0.244 e. The van der Waals surface area contributed by atoms with Crippen molar-refractivity contribution in [3.05, 3.63) is 12.0 Å². The number of anilines is 2. The van der Waals surface area contributed by atoms with E-state index in [1.807, 2.05) is 13.8 Å². The Morgan fingerprint density at radius 1 is 1.53 bits per heavy atom. The van der Waals surface area contributed by atoms with E-state index in [-0.39, 0.29) is 17.7 Å². The van der Waals surface area contributed by atoms with Gasteiger partial charge in [-0.15, -0.1) is 0 Å². The Labute approximate surface area is 111 Å². The molecule has 0 spiro atoms. The summed E-state index contributed by atoms with van der Waals surface area (Å²) in [5.74, 6) is 4.41. The third-order valence-corrected chi connectivity index (χ3v) is 2.67. The highest BCUT2D eigenvalue weighted by Crippen LogP contribution is 2.13. The van der Waals surface area contributed by atoms with Crippen LogP contribution in [0, 0.1) is 5.82 Å². The maximum absolute atomic E-state index is 13.5. The van der Waals surface area contributed by atoms with Crippen LogP contribution >= 0.6 is 0 Å². The molecule has 1 rings (SSSR count). The number of aromatic nitrogens is 2. The minimum absolute atomic E-state index is 0.0593. The number of rotatable bonds is 6. The van der Waals surface area contributed by atoms with E-state index in [9.17, 15) is 9.18 Å². The fourth-order valence-corrected chi connectivity index (χ4v) is 1.61. The highest BCUT2D eigenvalue weighted by molar-refractivity contribution is 5.84. The summed E-state index contributed by atoms with van der Waals surface area (Å²) in [7, 11) is 0. The summed E-state index contributed by atoms with van der Waals surface area (Å²) in [4.78, 5) is 21.1. The summed E-state index contributed by atoms with van der Waals surface area (Å²) in [6, 6.07) is -0.588. The number of carbonyl (C=O) groups is 1. The first-order valence-corrected chi connectivity index (χ1v) is 6.07. The number of amides is 1. The number of hydrazine groups is 1. The van der Waals surface area contributed by atoms with Gasteiger partial charge in [0, 0.05) is 13.1 Å². The van der Waals surface area contributed by atoms with Crippen LogP contribution in [-0.2, 0) is 4.79 Å². The zero-order valence-electron chi connectivity index (χ0n) is 11.3. The summed E-state index contributed by atoms with van der Waals surface area (Å²) in [6.07, 6.45) is 0.985. The Hall–Kier alpha value is -1.96. The van der Waals surface area contributed by atoms with Crippen LogP contribution in [-0.4, -0.2) is 39.9 Å². The van der Waals surface area contributed by atoms with Crippen LogP contribution in [0.25, 0.3) is 0 Å². The molecule has 1 amide bonds. The van der Waals surface area contributed by atoms with Crippen LogP contribution in [0.4, 0.5) is 16.2 Å². The van der Waals surface area contributed by atoms with Crippen molar-refractivity contribution in [2.45, 2.75) is 26.8 Å². The number of carbonyl (C=O) groups excluding carboxylic acids is 1. The number of nitrogens with one attached hydrogen (secondary N) is 2. The van der Waals surface area contributed by atoms with E-state index >= 15 is 0 Å². The first-order valence-electron chi connectivity index (χ1n) is 6.07. The molecule has 0 radical (unpaired) electrons. The molecule has 1 atom stereocenters. The fraction of sp³-hybridized carbons (Fsp3) is 0.545. The topological polar surface area (TPSA) is 96.2 Å². The van der Waals surface area contributed by atoms with Gasteiger partial charge in [-0.3, -0.25) is 10.2 Å². The predicted octanol–water partition coefficient (Wildman–Crippen LogP) is 0.570. The summed E-state index contributed by atoms with van der Waals surface area (Å²) in [6.45, 7) is 6.62. The van der Waals surface area contributed by atoms with Gasteiger partial charge in [0.25, 0.3) is 0 Å². The van der Waals surface area contributed by atoms with Gasteiger partial charge in [0.15, 0.2) is 11.6 Å². The normalized spacial score (nSPS) is 11.8. The number of hydrogen-bond donors (Lipinski definition) is 3. The monoisotopic (exact) mass is 270 g/mol. The molecule has 0 fully saturated rings. The summed E-state index contributed by atoms with van der Waals surface area (Å²) >= 11 is 0. The second-order valence-corrected chi connectivity index (χ2v) is 3.91. The minimum atomic E-state index is -0.641. The van der Waals surface area contributed by atoms with E-state index in [0.29, 0.717) is 13.1 Å². The molecule has 7 nitrogen and oxygen atoms in total. The lowest BCUT2D eigenvalue weighted by atomic mass is 10.2. The van der Waals surface area contributed by atoms with Crippen LogP contribution in [0.1, 0.15) is 20.8 Å². The van der Waals surface area contributed by atoms with Crippen molar-refractivity contribution >= 4 is 17.7 Å². The highest BCUT2D eigenvalue weighted by atomic mass is 19.1. The first kappa shape index (κ1) is 15.1. The molecule has 0 aromatic carbocycles. The van der Waals surface area contributed by atoms with Gasteiger partial charge in [-0.25, -0.2) is 15.2 Å². The largest absolute Gasteiger partial charge is 0.356 e. The van der Waals surface area contributed by atoms with Crippen molar-refractivity contribution in [3.63, 3.8) is 0 Å². The lowest BCUT2D eigenvalue weighted by molar-refractivity contribution is -0.131. The zero-order chi connectivity index (χ0) is 14.4. The Morgan fingerprint density at radius 2 is 2.16 bits per heavy atom. The molecular weight excluding hydrogens is 251 g/mol. The first-order chi connectivity index (χ1) is 9.03. The van der Waals surface area contributed by atoms with Crippen molar-refractivity contribution in [3.8, 4) is 0 Å². The van der Waals surface area contributed by atoms with Gasteiger partial charge in [0.2, 0.25) is 11.9 Å². The zero-order valence-corrected chi connectivity index (χ0v) is 11.3. The van der Waals surface area contributed by atoms with E-state index in [1.54, 1.807) is 11.8 Å². The van der Waals surface area contributed by atoms with Crippen LogP contribution in [0.2, 0.25) is 0 Å². The molecule has 19 heavy (non-hydrogen) atoms. The van der Waals surface area contributed by atoms with Crippen molar-refractivity contribution in [1.29, 1.82) is 0 Å². The SMILES string of the molecule is CCN(CC)C(=O)C(C)Nc1nc(NN)ncc1F. The number of nitrogens with zero attached hydrogens (tertiary/aromatic N) is 3. The molecule has 0 aliphatic carbocycles. The van der Waals surface area contributed by atoms with Gasteiger partial charge in [0.1, 0.15) is 6.04 Å². The van der Waals surface area contributed by atoms with Gasteiger partial charge in [0.05, 0.1) is 6.20 Å². The summed E-state index contributed by atoms with van der Waals surface area (Å²) < 4.78 is 13.5. The molecule has 8 heteroatoms. The van der Waals surface area contributed by atoms with Gasteiger partial charge in [-0.2, -0.15) is 4.98 Å². The maximum Gasteiger partial charge on any atom is 0.244 e. The Bertz CT molecular complexity index is 437. The molecule has 0 bridgehead atoms. The van der Waals surface area contributed by atoms with E-state index < -0.39 is 11.9 Å². The number of nitrogens with two attached hydrogens (primary N) is 1. The quantitative estimate of drug-likeness (QED) is 0.516. The van der Waals surface area contributed by atoms with E-state index in [1.165, 1.54) is 0 Å². The fourth-order valence-electron chi connectivity index (χ4n) is 1.61. The van der Waals surface area contributed by atoms with Crippen molar-refractivity contribution in [1.82, 2.24) is 14.9 Å². The predicted molar refractivity (Wildman–Crippen MR) is 70.8 cm³/mol. The van der Waals surface area contributed by atoms with E-state index in [4.69, 9.17) is 5.84 Å². The Balaban J connectivity index is 2.81. The maximum atomic E-state index is 13.5. The molecule has 1 heterocycles. The van der Waals surface area contributed by atoms with Crippen LogP contribution in [0.3, 0.4) is 0 Å². The molecule has 1 unspecified atom stereocenters. The van der Waals surface area contributed by atoms with Gasteiger partial charge < -0.3 is 10.2 Å². The van der Waals surface area contributed by atoms with Crippen LogP contribution < -0.4 is 16.6 Å². The van der Waals surface area contributed by atoms with Gasteiger partial charge in [-0.05, 0) is 20.8 Å². The lowest BCUT2D eigenvalue weighted by Gasteiger charge is -2.23. The van der Waals surface area contributed by atoms with Crippen molar-refractivity contribution in [2.24, 2.45) is 5.84 Å². The third-order valence-electron chi connectivity index (χ3n) is 2.67. The minimum Gasteiger partial charge on any atom is -0.356 e. The van der Waals surface area contributed by atoms with Crippen molar-refractivity contribution in [2.75, 3.05) is 23.8 Å². The van der Waals surface area contributed by atoms with E-state index in [2.05, 4.69) is 20.7 Å².